The van der Waals surface area contributed by atoms with Gasteiger partial charge in [-0.05, 0) is 35.5 Å². The van der Waals surface area contributed by atoms with E-state index in [4.69, 9.17) is 10.8 Å². The number of H-pyrrole nitrogens is 1. The molecule has 0 saturated heterocycles. The molecule has 2 unspecified atom stereocenters. The van der Waals surface area contributed by atoms with Crippen molar-refractivity contribution in [1.82, 2.24) is 10.2 Å². The van der Waals surface area contributed by atoms with Crippen LogP contribution in [0.1, 0.15) is 24.3 Å². The third-order valence-electron chi connectivity index (χ3n) is 3.98. The Balaban J connectivity index is 1.94. The number of aliphatic carboxylic acids is 1. The summed E-state index contributed by atoms with van der Waals surface area (Å²) in [7, 11) is 0. The lowest BCUT2D eigenvalue weighted by Crippen LogP contribution is -2.30. The van der Waals surface area contributed by atoms with Crippen LogP contribution in [0.4, 0.5) is 13.2 Å². The number of halogens is 3. The Morgan fingerprint density at radius 1 is 1.19 bits per heavy atom. The van der Waals surface area contributed by atoms with E-state index in [9.17, 15) is 18.0 Å². The predicted molar refractivity (Wildman–Crippen MR) is 95.0 cm³/mol. The third-order valence-corrected chi connectivity index (χ3v) is 5.03. The van der Waals surface area contributed by atoms with Gasteiger partial charge in [-0.1, -0.05) is 24.3 Å². The summed E-state index contributed by atoms with van der Waals surface area (Å²) in [5, 5.41) is 15.2. The average Bonchev–Trinajstić information content (AvgIpc) is 3.11. The molecule has 0 spiro atoms. The Bertz CT molecular complexity index is 690. The van der Waals surface area contributed by atoms with Gasteiger partial charge in [-0.25, -0.2) is 0 Å². The van der Waals surface area contributed by atoms with Crippen LogP contribution in [0.15, 0.2) is 36.7 Å². The van der Waals surface area contributed by atoms with Gasteiger partial charge in [-0.15, -0.1) is 0 Å². The van der Waals surface area contributed by atoms with E-state index in [1.807, 2.05) is 0 Å². The smallest absolute Gasteiger partial charge is 0.395 e. The molecule has 4 N–H and O–H groups in total. The maximum Gasteiger partial charge on any atom is 0.395 e. The number of aromatic amines is 1. The Hall–Kier alpha value is -2.00. The fourth-order valence-electron chi connectivity index (χ4n) is 2.47. The van der Waals surface area contributed by atoms with Crippen molar-refractivity contribution in [2.75, 3.05) is 11.5 Å². The van der Waals surface area contributed by atoms with E-state index < -0.39 is 24.1 Å². The fourth-order valence-corrected chi connectivity index (χ4v) is 3.50. The van der Waals surface area contributed by atoms with Gasteiger partial charge in [0.05, 0.1) is 12.1 Å². The zero-order valence-corrected chi connectivity index (χ0v) is 14.7. The number of thioether (sulfide) groups is 1. The summed E-state index contributed by atoms with van der Waals surface area (Å²) < 4.78 is 40.2. The van der Waals surface area contributed by atoms with Crippen LogP contribution in [0.2, 0.25) is 0 Å². The largest absolute Gasteiger partial charge is 0.480 e. The van der Waals surface area contributed by atoms with Gasteiger partial charge >= 0.3 is 12.1 Å². The Kier molecular flexibility index (Phi) is 7.10. The monoisotopic (exact) mass is 387 g/mol. The molecule has 0 saturated carbocycles. The molecule has 0 aliphatic rings. The maximum absolute atomic E-state index is 13.4. The lowest BCUT2D eigenvalue weighted by atomic mass is 9.94. The van der Waals surface area contributed by atoms with E-state index >= 15 is 0 Å². The molecule has 0 amide bonds. The van der Waals surface area contributed by atoms with E-state index in [2.05, 4.69) is 10.2 Å². The van der Waals surface area contributed by atoms with Crippen LogP contribution in [0.5, 0.6) is 0 Å². The van der Waals surface area contributed by atoms with Gasteiger partial charge in [0.15, 0.2) is 0 Å². The summed E-state index contributed by atoms with van der Waals surface area (Å²) in [5.41, 5.74) is 7.19. The molecular weight excluding hydrogens is 367 g/mol. The quantitative estimate of drug-likeness (QED) is 0.571. The van der Waals surface area contributed by atoms with Gasteiger partial charge in [0.2, 0.25) is 0 Å². The molecule has 26 heavy (non-hydrogen) atoms. The van der Waals surface area contributed by atoms with Crippen molar-refractivity contribution in [3.63, 3.8) is 0 Å². The van der Waals surface area contributed by atoms with Gasteiger partial charge < -0.3 is 10.8 Å². The lowest BCUT2D eigenvalue weighted by Gasteiger charge is -2.21. The minimum atomic E-state index is -4.34. The molecule has 142 valence electrons. The van der Waals surface area contributed by atoms with Crippen LogP contribution in [-0.4, -0.2) is 45.0 Å². The molecule has 1 aromatic carbocycles. The first-order chi connectivity index (χ1) is 12.3. The molecule has 1 heterocycles. The Morgan fingerprint density at radius 2 is 1.85 bits per heavy atom. The Morgan fingerprint density at radius 3 is 2.38 bits per heavy atom. The van der Waals surface area contributed by atoms with E-state index in [1.165, 1.54) is 23.9 Å². The first-order valence-electron chi connectivity index (χ1n) is 8.01. The number of carboxylic acids is 1. The first-order valence-corrected chi connectivity index (χ1v) is 9.16. The highest BCUT2D eigenvalue weighted by Gasteiger charge is 2.40. The summed E-state index contributed by atoms with van der Waals surface area (Å²) in [5.74, 6) is -1.96. The maximum atomic E-state index is 13.4. The number of nitrogens with one attached hydrogen (secondary N) is 1. The van der Waals surface area contributed by atoms with Crippen LogP contribution in [0.25, 0.3) is 11.1 Å². The van der Waals surface area contributed by atoms with Crippen LogP contribution in [0, 0.1) is 0 Å². The molecule has 9 heteroatoms. The molecule has 0 bridgehead atoms. The number of rotatable bonds is 9. The molecule has 0 aliphatic heterocycles. The normalized spacial score (nSPS) is 14.2. The van der Waals surface area contributed by atoms with Gasteiger partial charge in [0.25, 0.3) is 0 Å². The van der Waals surface area contributed by atoms with Gasteiger partial charge in [-0.2, -0.15) is 30.0 Å². The van der Waals surface area contributed by atoms with Crippen molar-refractivity contribution in [2.45, 2.75) is 31.0 Å². The van der Waals surface area contributed by atoms with Gasteiger partial charge in [-0.3, -0.25) is 9.89 Å². The number of aromatic nitrogens is 2. The van der Waals surface area contributed by atoms with Crippen molar-refractivity contribution in [3.05, 3.63) is 42.2 Å². The number of hydrogen-bond acceptors (Lipinski definition) is 4. The highest BCUT2D eigenvalue weighted by atomic mass is 32.2. The summed E-state index contributed by atoms with van der Waals surface area (Å²) >= 11 is 1.28. The number of hydrogen-bond donors (Lipinski definition) is 3. The van der Waals surface area contributed by atoms with E-state index in [0.717, 1.165) is 11.1 Å². The van der Waals surface area contributed by atoms with Crippen molar-refractivity contribution < 1.29 is 23.1 Å². The molecule has 2 aromatic rings. The van der Waals surface area contributed by atoms with Crippen molar-refractivity contribution in [3.8, 4) is 11.1 Å². The number of benzene rings is 1. The Labute approximate surface area is 153 Å². The molecule has 0 fully saturated rings. The zero-order valence-electron chi connectivity index (χ0n) is 13.9. The number of carbonyl (C=O) groups is 1. The standard InChI is InChI=1S/C17H20F3N3O2S/c18-17(19,20)14(5-7-26-8-6-15(21)16(24)25)12-3-1-11(2-4-12)13-9-22-23-10-13/h1-4,9-10,14-15H,5-8,21H2,(H,22,23)(H,24,25). The summed E-state index contributed by atoms with van der Waals surface area (Å²) in [6, 6.07) is 5.31. The molecule has 0 radical (unpaired) electrons. The third kappa shape index (κ3) is 5.77. The minimum Gasteiger partial charge on any atom is -0.480 e. The van der Waals surface area contributed by atoms with Crippen molar-refractivity contribution >= 4 is 17.7 Å². The van der Waals surface area contributed by atoms with Crippen molar-refractivity contribution in [1.29, 1.82) is 0 Å². The SMILES string of the molecule is NC(CCSCCC(c1ccc(-c2cn[nH]c2)cc1)C(F)(F)F)C(=O)O. The molecule has 2 rings (SSSR count). The fraction of sp³-hybridized carbons (Fsp3) is 0.412. The van der Waals surface area contributed by atoms with E-state index in [0.29, 0.717) is 5.75 Å². The molecule has 2 atom stereocenters. The second-order valence-corrected chi connectivity index (χ2v) is 7.06. The summed E-state index contributed by atoms with van der Waals surface area (Å²) in [6.45, 7) is 0. The second kappa shape index (κ2) is 9.09. The van der Waals surface area contributed by atoms with Gasteiger partial charge in [0, 0.05) is 11.8 Å². The molecule has 1 aromatic heterocycles. The summed E-state index contributed by atoms with van der Waals surface area (Å²) in [4.78, 5) is 10.6. The van der Waals surface area contributed by atoms with E-state index in [1.54, 1.807) is 24.5 Å². The molecule has 5 nitrogen and oxygen atoms in total. The predicted octanol–water partition coefficient (Wildman–Crippen LogP) is 3.65. The first kappa shape index (κ1) is 20.3. The van der Waals surface area contributed by atoms with Crippen LogP contribution in [0.3, 0.4) is 0 Å². The zero-order chi connectivity index (χ0) is 19.2. The number of carboxylic acid groups (broad SMARTS) is 1. The second-order valence-electron chi connectivity index (χ2n) is 5.84. The number of alkyl halides is 3. The van der Waals surface area contributed by atoms with Gasteiger partial charge in [0.1, 0.15) is 6.04 Å². The van der Waals surface area contributed by atoms with Crippen molar-refractivity contribution in [2.24, 2.45) is 5.73 Å². The molecular formula is C17H20F3N3O2S. The molecule has 0 aliphatic carbocycles. The van der Waals surface area contributed by atoms with Crippen LogP contribution < -0.4 is 5.73 Å². The summed E-state index contributed by atoms with van der Waals surface area (Å²) in [6.07, 6.45) is -0.893. The van der Waals surface area contributed by atoms with E-state index in [-0.39, 0.29) is 24.2 Å². The van der Waals surface area contributed by atoms with Crippen LogP contribution >= 0.6 is 11.8 Å². The van der Waals surface area contributed by atoms with Crippen LogP contribution in [-0.2, 0) is 4.79 Å². The minimum absolute atomic E-state index is 0.0679. The average molecular weight is 387 g/mol. The number of nitrogens with two attached hydrogens (primary N) is 1. The number of nitrogens with zero attached hydrogens (tertiary/aromatic N) is 1. The highest BCUT2D eigenvalue weighted by molar-refractivity contribution is 7.99. The topological polar surface area (TPSA) is 92.0 Å². The highest BCUT2D eigenvalue weighted by Crippen LogP contribution is 2.38. The lowest BCUT2D eigenvalue weighted by molar-refractivity contribution is -0.150.